The molecule has 1 aromatic heterocycles. The normalized spacial score (nSPS) is 22.6. The van der Waals surface area contributed by atoms with Crippen molar-refractivity contribution in [1.29, 1.82) is 0 Å². The van der Waals surface area contributed by atoms with Crippen molar-refractivity contribution < 1.29 is 8.42 Å². The number of aryl methyl sites for hydroxylation is 1. The first kappa shape index (κ1) is 21.0. The molecule has 30 heavy (non-hydrogen) atoms. The average Bonchev–Trinajstić information content (AvgIpc) is 3.21. The van der Waals surface area contributed by atoms with Gasteiger partial charge in [-0.3, -0.25) is 4.98 Å². The molecule has 1 aliphatic carbocycles. The molecule has 3 aromatic rings. The van der Waals surface area contributed by atoms with Crippen LogP contribution < -0.4 is 5.32 Å². The first-order valence-corrected chi connectivity index (χ1v) is 11.8. The molecule has 4 nitrogen and oxygen atoms in total. The van der Waals surface area contributed by atoms with E-state index < -0.39 is 14.6 Å². The van der Waals surface area contributed by atoms with Crippen molar-refractivity contribution in [2.75, 3.05) is 6.54 Å². The number of fused-ring (bicyclic) bond motifs is 3. The molecule has 1 saturated heterocycles. The van der Waals surface area contributed by atoms with Crippen molar-refractivity contribution >= 4 is 22.2 Å². The number of hydrogen-bond donors (Lipinski definition) is 1. The molecule has 2 heterocycles. The fraction of sp³-hybridized carbons (Fsp3) is 0.292. The number of sulfone groups is 1. The molecule has 156 valence electrons. The summed E-state index contributed by atoms with van der Waals surface area (Å²) in [5, 5.41) is 3.49. The summed E-state index contributed by atoms with van der Waals surface area (Å²) >= 11 is 0. The zero-order valence-corrected chi connectivity index (χ0v) is 18.3. The van der Waals surface area contributed by atoms with Crippen molar-refractivity contribution in [3.8, 4) is 11.1 Å². The van der Waals surface area contributed by atoms with E-state index in [9.17, 15) is 8.42 Å². The lowest BCUT2D eigenvalue weighted by Gasteiger charge is -2.40. The Balaban J connectivity index is 0.00000218. The molecule has 1 fully saturated rings. The smallest absolute Gasteiger partial charge is 0.165 e. The Morgan fingerprint density at radius 2 is 1.87 bits per heavy atom. The molecule has 0 amide bonds. The number of hydrogen-bond acceptors (Lipinski definition) is 4. The van der Waals surface area contributed by atoms with Gasteiger partial charge in [0.25, 0.3) is 0 Å². The zero-order chi connectivity index (χ0) is 19.9. The van der Waals surface area contributed by atoms with Crippen molar-refractivity contribution in [1.82, 2.24) is 10.3 Å². The number of halogens is 1. The summed E-state index contributed by atoms with van der Waals surface area (Å²) in [4.78, 5) is 4.22. The Bertz CT molecular complexity index is 1140. The van der Waals surface area contributed by atoms with Gasteiger partial charge in [-0.1, -0.05) is 54.6 Å². The third-order valence-electron chi connectivity index (χ3n) is 6.46. The van der Waals surface area contributed by atoms with E-state index in [2.05, 4.69) is 28.5 Å². The monoisotopic (exact) mass is 440 g/mol. The first-order valence-electron chi connectivity index (χ1n) is 10.1. The summed E-state index contributed by atoms with van der Waals surface area (Å²) in [6, 6.07) is 19.8. The van der Waals surface area contributed by atoms with Crippen LogP contribution in [0.25, 0.3) is 11.1 Å². The van der Waals surface area contributed by atoms with Crippen molar-refractivity contribution in [3.05, 3.63) is 89.7 Å². The van der Waals surface area contributed by atoms with Crippen molar-refractivity contribution in [2.45, 2.75) is 35.8 Å². The molecule has 2 atom stereocenters. The minimum Gasteiger partial charge on any atom is -0.312 e. The number of pyridine rings is 1. The summed E-state index contributed by atoms with van der Waals surface area (Å²) in [6.07, 6.45) is 5.99. The van der Waals surface area contributed by atoms with Gasteiger partial charge in [0, 0.05) is 18.4 Å². The van der Waals surface area contributed by atoms with Crippen LogP contribution in [0.15, 0.2) is 73.1 Å². The highest BCUT2D eigenvalue weighted by Gasteiger charge is 2.56. The molecule has 2 unspecified atom stereocenters. The summed E-state index contributed by atoms with van der Waals surface area (Å²) in [5.41, 5.74) is 5.15. The van der Waals surface area contributed by atoms with E-state index >= 15 is 0 Å². The highest BCUT2D eigenvalue weighted by Crippen LogP contribution is 2.49. The van der Waals surface area contributed by atoms with Gasteiger partial charge in [-0.25, -0.2) is 8.42 Å². The van der Waals surface area contributed by atoms with Crippen LogP contribution in [0.5, 0.6) is 0 Å². The Morgan fingerprint density at radius 3 is 2.63 bits per heavy atom. The van der Waals surface area contributed by atoms with E-state index in [1.807, 2.05) is 48.7 Å². The second-order valence-electron chi connectivity index (χ2n) is 8.04. The maximum atomic E-state index is 13.8. The fourth-order valence-electron chi connectivity index (χ4n) is 5.12. The second kappa shape index (κ2) is 8.14. The lowest BCUT2D eigenvalue weighted by atomic mass is 9.78. The van der Waals surface area contributed by atoms with Gasteiger partial charge < -0.3 is 5.32 Å². The van der Waals surface area contributed by atoms with Crippen LogP contribution in [0.3, 0.4) is 0 Å². The van der Waals surface area contributed by atoms with Gasteiger partial charge in [-0.05, 0) is 59.7 Å². The van der Waals surface area contributed by atoms with Crippen LogP contribution >= 0.6 is 12.4 Å². The third-order valence-corrected chi connectivity index (χ3v) is 8.99. The molecule has 2 aromatic carbocycles. The Labute approximate surface area is 184 Å². The highest BCUT2D eigenvalue weighted by atomic mass is 35.5. The van der Waals surface area contributed by atoms with Crippen molar-refractivity contribution in [3.63, 3.8) is 0 Å². The van der Waals surface area contributed by atoms with E-state index in [0.29, 0.717) is 6.42 Å². The quantitative estimate of drug-likeness (QED) is 0.657. The summed E-state index contributed by atoms with van der Waals surface area (Å²) < 4.78 is 26.8. The fourth-order valence-corrected chi connectivity index (χ4v) is 7.59. The predicted molar refractivity (Wildman–Crippen MR) is 122 cm³/mol. The van der Waals surface area contributed by atoms with E-state index in [4.69, 9.17) is 0 Å². The lowest BCUT2D eigenvalue weighted by Crippen LogP contribution is -2.50. The van der Waals surface area contributed by atoms with Gasteiger partial charge in [-0.2, -0.15) is 0 Å². The Kier molecular flexibility index (Phi) is 5.71. The Hall–Kier alpha value is -2.21. The van der Waals surface area contributed by atoms with Gasteiger partial charge in [0.15, 0.2) is 9.84 Å². The second-order valence-corrected chi connectivity index (χ2v) is 10.3. The van der Waals surface area contributed by atoms with E-state index in [1.165, 1.54) is 0 Å². The largest absolute Gasteiger partial charge is 0.312 e. The number of nitrogens with zero attached hydrogens (tertiary/aromatic N) is 1. The molecular weight excluding hydrogens is 416 g/mol. The molecule has 2 aliphatic rings. The molecule has 0 spiro atoms. The molecule has 1 N–H and O–H groups in total. The number of aromatic nitrogens is 1. The molecule has 1 aliphatic heterocycles. The van der Waals surface area contributed by atoms with Gasteiger partial charge in [0.2, 0.25) is 0 Å². The molecule has 0 saturated carbocycles. The van der Waals surface area contributed by atoms with E-state index in [-0.39, 0.29) is 24.2 Å². The average molecular weight is 441 g/mol. The van der Waals surface area contributed by atoms with Crippen LogP contribution in [0.2, 0.25) is 0 Å². The maximum Gasteiger partial charge on any atom is 0.165 e. The lowest BCUT2D eigenvalue weighted by molar-refractivity contribution is 0.415. The van der Waals surface area contributed by atoms with Crippen LogP contribution in [-0.2, 0) is 26.8 Å². The van der Waals surface area contributed by atoms with Gasteiger partial charge >= 0.3 is 0 Å². The maximum absolute atomic E-state index is 13.8. The van der Waals surface area contributed by atoms with Gasteiger partial charge in [0.1, 0.15) is 4.75 Å². The predicted octanol–water partition coefficient (Wildman–Crippen LogP) is 4.29. The summed E-state index contributed by atoms with van der Waals surface area (Å²) in [7, 11) is -3.40. The molecule has 0 bridgehead atoms. The minimum absolute atomic E-state index is 0. The van der Waals surface area contributed by atoms with Crippen LogP contribution in [0.1, 0.15) is 29.5 Å². The number of benzene rings is 2. The van der Waals surface area contributed by atoms with Crippen LogP contribution in [0, 0.1) is 0 Å². The number of nitrogens with one attached hydrogen (secondary N) is 1. The van der Waals surface area contributed by atoms with E-state index in [0.717, 1.165) is 47.2 Å². The Morgan fingerprint density at radius 1 is 1.03 bits per heavy atom. The van der Waals surface area contributed by atoms with E-state index in [1.54, 1.807) is 6.20 Å². The number of rotatable bonds is 4. The molecular formula is C24H25ClN2O2S. The van der Waals surface area contributed by atoms with Crippen LogP contribution in [-0.4, -0.2) is 26.0 Å². The first-order chi connectivity index (χ1) is 14.1. The summed E-state index contributed by atoms with van der Waals surface area (Å²) in [6.45, 7) is 0.739. The zero-order valence-electron chi connectivity index (χ0n) is 16.6. The molecule has 0 radical (unpaired) electrons. The van der Waals surface area contributed by atoms with Gasteiger partial charge in [0.05, 0.1) is 5.75 Å². The molecule has 6 heteroatoms. The third kappa shape index (κ3) is 3.35. The SMILES string of the molecule is Cl.O=S(=O)(Cc1ccccc1)C12CCNC1CCc1cc(-c3cccnc3)ccc12. The van der Waals surface area contributed by atoms with Crippen LogP contribution in [0.4, 0.5) is 0 Å². The molecule has 5 rings (SSSR count). The highest BCUT2D eigenvalue weighted by molar-refractivity contribution is 7.91. The minimum atomic E-state index is -3.40. The standard InChI is InChI=1S/C24H24N2O2S.ClH/c27-29(28,17-18-5-2-1-3-6-18)24-12-14-26-23(24)11-9-20-15-19(8-10-22(20)24)21-7-4-13-25-16-21;/h1-8,10,13,15-16,23,26H,9,11-12,14,17H2;1H. The summed E-state index contributed by atoms with van der Waals surface area (Å²) in [5.74, 6) is 0.0792. The van der Waals surface area contributed by atoms with Crippen molar-refractivity contribution in [2.24, 2.45) is 0 Å². The van der Waals surface area contributed by atoms with Gasteiger partial charge in [-0.15, -0.1) is 12.4 Å². The topological polar surface area (TPSA) is 59.1 Å².